The van der Waals surface area contributed by atoms with E-state index in [-0.39, 0.29) is 23.4 Å². The SMILES string of the molecule is O=C(c1ccccc1)C1COCC1C(=O)c1ccccc1. The first-order valence-electron chi connectivity index (χ1n) is 7.03. The van der Waals surface area contributed by atoms with Crippen molar-refractivity contribution in [2.24, 2.45) is 11.8 Å². The van der Waals surface area contributed by atoms with E-state index in [9.17, 15) is 9.59 Å². The molecule has 106 valence electrons. The molecule has 2 atom stereocenters. The third kappa shape index (κ3) is 2.78. The highest BCUT2D eigenvalue weighted by Crippen LogP contribution is 2.28. The van der Waals surface area contributed by atoms with E-state index in [2.05, 4.69) is 0 Å². The van der Waals surface area contributed by atoms with Crippen molar-refractivity contribution in [2.75, 3.05) is 13.2 Å². The molecule has 0 spiro atoms. The van der Waals surface area contributed by atoms with Gasteiger partial charge in [0.05, 0.1) is 25.0 Å². The van der Waals surface area contributed by atoms with Crippen molar-refractivity contribution >= 4 is 11.6 Å². The van der Waals surface area contributed by atoms with Crippen LogP contribution in [0.1, 0.15) is 20.7 Å². The summed E-state index contributed by atoms with van der Waals surface area (Å²) in [7, 11) is 0. The molecule has 0 N–H and O–H groups in total. The lowest BCUT2D eigenvalue weighted by molar-refractivity contribution is 0.0809. The first-order chi connectivity index (χ1) is 10.3. The van der Waals surface area contributed by atoms with Gasteiger partial charge in [0.1, 0.15) is 0 Å². The Kier molecular flexibility index (Phi) is 3.93. The van der Waals surface area contributed by atoms with E-state index in [0.29, 0.717) is 24.3 Å². The molecule has 0 saturated carbocycles. The van der Waals surface area contributed by atoms with Crippen LogP contribution in [0.4, 0.5) is 0 Å². The molecule has 3 rings (SSSR count). The molecule has 1 fully saturated rings. The largest absolute Gasteiger partial charge is 0.380 e. The molecular weight excluding hydrogens is 264 g/mol. The van der Waals surface area contributed by atoms with Crippen LogP contribution >= 0.6 is 0 Å². The number of carbonyl (C=O) groups is 2. The summed E-state index contributed by atoms with van der Waals surface area (Å²) >= 11 is 0. The van der Waals surface area contributed by atoms with Crippen molar-refractivity contribution < 1.29 is 14.3 Å². The zero-order valence-electron chi connectivity index (χ0n) is 11.6. The average Bonchev–Trinajstić information content (AvgIpc) is 3.04. The summed E-state index contributed by atoms with van der Waals surface area (Å²) in [5.41, 5.74) is 1.28. The van der Waals surface area contributed by atoms with Gasteiger partial charge in [0.25, 0.3) is 0 Å². The van der Waals surface area contributed by atoms with Crippen LogP contribution in [0.3, 0.4) is 0 Å². The van der Waals surface area contributed by atoms with Gasteiger partial charge in [-0.05, 0) is 0 Å². The van der Waals surface area contributed by atoms with E-state index in [4.69, 9.17) is 4.74 Å². The Morgan fingerprint density at radius 1 is 0.714 bits per heavy atom. The van der Waals surface area contributed by atoms with Crippen LogP contribution in [0.5, 0.6) is 0 Å². The van der Waals surface area contributed by atoms with E-state index in [1.54, 1.807) is 24.3 Å². The molecule has 2 unspecified atom stereocenters. The maximum atomic E-state index is 12.6. The van der Waals surface area contributed by atoms with Crippen molar-refractivity contribution in [1.29, 1.82) is 0 Å². The molecular formula is C18H16O3. The quantitative estimate of drug-likeness (QED) is 0.809. The minimum absolute atomic E-state index is 0.0117. The van der Waals surface area contributed by atoms with Crippen LogP contribution < -0.4 is 0 Å². The van der Waals surface area contributed by atoms with Gasteiger partial charge in [-0.25, -0.2) is 0 Å². The summed E-state index contributed by atoms with van der Waals surface area (Å²) < 4.78 is 5.41. The minimum Gasteiger partial charge on any atom is -0.380 e. The summed E-state index contributed by atoms with van der Waals surface area (Å²) in [4.78, 5) is 25.1. The number of hydrogen-bond donors (Lipinski definition) is 0. The van der Waals surface area contributed by atoms with Gasteiger partial charge in [0, 0.05) is 11.1 Å². The second-order valence-electron chi connectivity index (χ2n) is 5.21. The van der Waals surface area contributed by atoms with Gasteiger partial charge in [-0.15, -0.1) is 0 Å². The predicted molar refractivity (Wildman–Crippen MR) is 79.3 cm³/mol. The third-order valence-corrected chi connectivity index (χ3v) is 3.87. The molecule has 3 heteroatoms. The summed E-state index contributed by atoms with van der Waals surface area (Å²) in [6.07, 6.45) is 0. The first kappa shape index (κ1) is 13.7. The van der Waals surface area contributed by atoms with Crippen LogP contribution in [0.25, 0.3) is 0 Å². The lowest BCUT2D eigenvalue weighted by Crippen LogP contribution is -2.29. The van der Waals surface area contributed by atoms with Gasteiger partial charge in [-0.1, -0.05) is 60.7 Å². The fourth-order valence-electron chi connectivity index (χ4n) is 2.70. The van der Waals surface area contributed by atoms with Gasteiger partial charge in [-0.2, -0.15) is 0 Å². The summed E-state index contributed by atoms with van der Waals surface area (Å²) in [6.45, 7) is 0.633. The second-order valence-corrected chi connectivity index (χ2v) is 5.21. The highest BCUT2D eigenvalue weighted by Gasteiger charge is 2.39. The van der Waals surface area contributed by atoms with E-state index in [1.165, 1.54) is 0 Å². The Balaban J connectivity index is 1.83. The van der Waals surface area contributed by atoms with Gasteiger partial charge in [0.15, 0.2) is 11.6 Å². The normalized spacial score (nSPS) is 21.1. The molecule has 0 aromatic heterocycles. The molecule has 0 amide bonds. The van der Waals surface area contributed by atoms with Crippen molar-refractivity contribution in [2.45, 2.75) is 0 Å². The van der Waals surface area contributed by atoms with E-state index >= 15 is 0 Å². The molecule has 2 aromatic carbocycles. The fourth-order valence-corrected chi connectivity index (χ4v) is 2.70. The van der Waals surface area contributed by atoms with Crippen LogP contribution in [0.15, 0.2) is 60.7 Å². The van der Waals surface area contributed by atoms with E-state index in [1.807, 2.05) is 36.4 Å². The first-order valence-corrected chi connectivity index (χ1v) is 7.03. The molecule has 0 aliphatic carbocycles. The van der Waals surface area contributed by atoms with Crippen molar-refractivity contribution in [3.63, 3.8) is 0 Å². The maximum Gasteiger partial charge on any atom is 0.169 e. The molecule has 2 aromatic rings. The molecule has 3 nitrogen and oxygen atoms in total. The average molecular weight is 280 g/mol. The Morgan fingerprint density at radius 2 is 1.10 bits per heavy atom. The molecule has 0 bridgehead atoms. The molecule has 21 heavy (non-hydrogen) atoms. The Morgan fingerprint density at radius 3 is 1.48 bits per heavy atom. The maximum absolute atomic E-state index is 12.6. The lowest BCUT2D eigenvalue weighted by Gasteiger charge is -2.15. The van der Waals surface area contributed by atoms with Crippen molar-refractivity contribution in [3.05, 3.63) is 71.8 Å². The Hall–Kier alpha value is -2.26. The van der Waals surface area contributed by atoms with Gasteiger partial charge >= 0.3 is 0 Å². The Labute approximate surface area is 123 Å². The monoisotopic (exact) mass is 280 g/mol. The van der Waals surface area contributed by atoms with Gasteiger partial charge < -0.3 is 4.74 Å². The van der Waals surface area contributed by atoms with Gasteiger partial charge in [0.2, 0.25) is 0 Å². The number of ether oxygens (including phenoxy) is 1. The van der Waals surface area contributed by atoms with Crippen LogP contribution in [0.2, 0.25) is 0 Å². The third-order valence-electron chi connectivity index (χ3n) is 3.87. The zero-order valence-corrected chi connectivity index (χ0v) is 11.6. The fraction of sp³-hybridized carbons (Fsp3) is 0.222. The number of benzene rings is 2. The lowest BCUT2D eigenvalue weighted by atomic mass is 9.83. The number of Topliss-reactive ketones (excluding diaryl/α,β-unsaturated/α-hetero) is 2. The van der Waals surface area contributed by atoms with Crippen LogP contribution in [-0.4, -0.2) is 24.8 Å². The van der Waals surface area contributed by atoms with Crippen LogP contribution in [-0.2, 0) is 4.74 Å². The van der Waals surface area contributed by atoms with Gasteiger partial charge in [-0.3, -0.25) is 9.59 Å². The number of ketones is 2. The smallest absolute Gasteiger partial charge is 0.169 e. The number of rotatable bonds is 4. The molecule has 0 radical (unpaired) electrons. The molecule has 1 aliphatic rings. The highest BCUT2D eigenvalue weighted by atomic mass is 16.5. The zero-order chi connectivity index (χ0) is 14.7. The summed E-state index contributed by atoms with van der Waals surface area (Å²) in [5.74, 6) is -0.801. The Bertz CT molecular complexity index is 577. The highest BCUT2D eigenvalue weighted by molar-refractivity contribution is 6.05. The summed E-state index contributed by atoms with van der Waals surface area (Å²) in [5, 5.41) is 0. The topological polar surface area (TPSA) is 43.4 Å². The number of carbonyl (C=O) groups excluding carboxylic acids is 2. The summed E-state index contributed by atoms with van der Waals surface area (Å²) in [6, 6.07) is 18.2. The van der Waals surface area contributed by atoms with E-state index in [0.717, 1.165) is 0 Å². The minimum atomic E-state index is -0.389. The molecule has 1 aliphatic heterocycles. The van der Waals surface area contributed by atoms with Crippen molar-refractivity contribution in [3.8, 4) is 0 Å². The second kappa shape index (κ2) is 6.02. The predicted octanol–water partition coefficient (Wildman–Crippen LogP) is 3.01. The van der Waals surface area contributed by atoms with Crippen LogP contribution in [0, 0.1) is 11.8 Å². The molecule has 1 saturated heterocycles. The van der Waals surface area contributed by atoms with E-state index < -0.39 is 0 Å². The standard InChI is InChI=1S/C18H16O3/c19-17(13-7-3-1-4-8-13)15-11-21-12-16(15)18(20)14-9-5-2-6-10-14/h1-10,15-16H,11-12H2. The molecule has 1 heterocycles. The number of hydrogen-bond acceptors (Lipinski definition) is 3. The van der Waals surface area contributed by atoms with Crippen molar-refractivity contribution in [1.82, 2.24) is 0 Å².